The molecule has 0 amide bonds. The number of aromatic hydroxyl groups is 1. The quantitative estimate of drug-likeness (QED) is 0.471. The summed E-state index contributed by atoms with van der Waals surface area (Å²) in [6.07, 6.45) is 1.42. The van der Waals surface area contributed by atoms with Crippen LogP contribution in [0.5, 0.6) is 11.5 Å². The van der Waals surface area contributed by atoms with Gasteiger partial charge >= 0.3 is 0 Å². The van der Waals surface area contributed by atoms with E-state index in [1.807, 2.05) is 6.07 Å². The van der Waals surface area contributed by atoms with Crippen molar-refractivity contribution >= 4 is 23.3 Å². The van der Waals surface area contributed by atoms with Gasteiger partial charge < -0.3 is 15.6 Å². The van der Waals surface area contributed by atoms with E-state index in [1.54, 1.807) is 12.1 Å². The molecule has 82 valence electrons. The highest BCUT2D eigenvalue weighted by atomic mass is 32.1. The van der Waals surface area contributed by atoms with Gasteiger partial charge in [0.2, 0.25) is 0 Å². The predicted molar refractivity (Wildman–Crippen MR) is 65.0 cm³/mol. The Morgan fingerprint density at radius 2 is 2.31 bits per heavy atom. The fourth-order valence-corrected chi connectivity index (χ4v) is 1.19. The monoisotopic (exact) mass is 234 g/mol. The van der Waals surface area contributed by atoms with Gasteiger partial charge in [0.15, 0.2) is 0 Å². The standard InChI is InChI=1S/C11H10N2O2S/c1-15-9-2-3-10(14)7(5-9)4-8(6-12)11(13)16/h2-5,14H,1H3,(H2,13,16)/b8-4-. The van der Waals surface area contributed by atoms with E-state index in [-0.39, 0.29) is 16.3 Å². The molecule has 0 aliphatic heterocycles. The second-order valence-corrected chi connectivity index (χ2v) is 3.40. The van der Waals surface area contributed by atoms with Gasteiger partial charge in [0.25, 0.3) is 0 Å². The second kappa shape index (κ2) is 5.14. The van der Waals surface area contributed by atoms with Crippen LogP contribution >= 0.6 is 12.2 Å². The fourth-order valence-electron chi connectivity index (χ4n) is 1.09. The molecule has 0 aromatic heterocycles. The molecular weight excluding hydrogens is 224 g/mol. The molecule has 0 saturated carbocycles. The van der Waals surface area contributed by atoms with Crippen molar-refractivity contribution in [2.24, 2.45) is 5.73 Å². The summed E-state index contributed by atoms with van der Waals surface area (Å²) in [5, 5.41) is 18.3. The summed E-state index contributed by atoms with van der Waals surface area (Å²) in [6, 6.07) is 6.53. The van der Waals surface area contributed by atoms with Gasteiger partial charge in [-0.3, -0.25) is 0 Å². The minimum atomic E-state index is -0.00952. The van der Waals surface area contributed by atoms with Crippen LogP contribution in [-0.2, 0) is 0 Å². The van der Waals surface area contributed by atoms with Crippen molar-refractivity contribution in [2.75, 3.05) is 7.11 Å². The molecule has 1 aromatic rings. The van der Waals surface area contributed by atoms with Crippen molar-refractivity contribution < 1.29 is 9.84 Å². The Kier molecular flexibility index (Phi) is 3.86. The number of hydrogen-bond donors (Lipinski definition) is 2. The van der Waals surface area contributed by atoms with E-state index in [2.05, 4.69) is 0 Å². The van der Waals surface area contributed by atoms with Gasteiger partial charge in [-0.15, -0.1) is 0 Å². The molecule has 0 spiro atoms. The minimum Gasteiger partial charge on any atom is -0.507 e. The van der Waals surface area contributed by atoms with Gasteiger partial charge in [0.05, 0.1) is 12.7 Å². The van der Waals surface area contributed by atoms with Gasteiger partial charge in [0, 0.05) is 5.56 Å². The summed E-state index contributed by atoms with van der Waals surface area (Å²) in [5.74, 6) is 0.606. The molecule has 0 heterocycles. The first kappa shape index (κ1) is 12.0. The largest absolute Gasteiger partial charge is 0.507 e. The Balaban J connectivity index is 3.23. The van der Waals surface area contributed by atoms with Crippen molar-refractivity contribution in [1.82, 2.24) is 0 Å². The number of phenolic OH excluding ortho intramolecular Hbond substituents is 1. The van der Waals surface area contributed by atoms with E-state index >= 15 is 0 Å². The lowest BCUT2D eigenvalue weighted by Gasteiger charge is -2.04. The smallest absolute Gasteiger partial charge is 0.123 e. The molecule has 0 fully saturated rings. The number of nitrogens with zero attached hydrogens (tertiary/aromatic N) is 1. The van der Waals surface area contributed by atoms with Crippen LogP contribution < -0.4 is 10.5 Å². The summed E-state index contributed by atoms with van der Waals surface area (Å²) in [4.78, 5) is -0.00952. The molecule has 0 saturated heterocycles. The molecule has 5 heteroatoms. The summed E-state index contributed by atoms with van der Waals surface area (Å²) in [7, 11) is 1.51. The number of phenols is 1. The third-order valence-corrected chi connectivity index (χ3v) is 2.14. The highest BCUT2D eigenvalue weighted by Gasteiger charge is 2.04. The van der Waals surface area contributed by atoms with E-state index in [0.717, 1.165) is 0 Å². The molecule has 1 rings (SSSR count). The fraction of sp³-hybridized carbons (Fsp3) is 0.0909. The lowest BCUT2D eigenvalue weighted by Crippen LogP contribution is -2.09. The lowest BCUT2D eigenvalue weighted by atomic mass is 10.1. The van der Waals surface area contributed by atoms with E-state index in [9.17, 15) is 5.11 Å². The molecule has 0 aliphatic rings. The summed E-state index contributed by atoms with van der Waals surface area (Å²) >= 11 is 4.69. The van der Waals surface area contributed by atoms with Crippen LogP contribution in [-0.4, -0.2) is 17.2 Å². The van der Waals surface area contributed by atoms with Gasteiger partial charge in [-0.25, -0.2) is 0 Å². The third-order valence-electron chi connectivity index (χ3n) is 1.92. The summed E-state index contributed by atoms with van der Waals surface area (Å²) < 4.78 is 5.00. The first-order valence-electron chi connectivity index (χ1n) is 4.37. The zero-order valence-electron chi connectivity index (χ0n) is 8.60. The molecule has 1 aromatic carbocycles. The Labute approximate surface area is 98.6 Å². The highest BCUT2D eigenvalue weighted by molar-refractivity contribution is 7.80. The molecule has 16 heavy (non-hydrogen) atoms. The Morgan fingerprint density at radius 1 is 1.62 bits per heavy atom. The molecule has 0 bridgehead atoms. The maximum absolute atomic E-state index is 9.56. The lowest BCUT2D eigenvalue weighted by molar-refractivity contribution is 0.412. The number of hydrogen-bond acceptors (Lipinski definition) is 4. The van der Waals surface area contributed by atoms with E-state index < -0.39 is 0 Å². The van der Waals surface area contributed by atoms with E-state index in [0.29, 0.717) is 11.3 Å². The normalized spacial score (nSPS) is 10.6. The van der Waals surface area contributed by atoms with Crippen molar-refractivity contribution in [3.05, 3.63) is 29.3 Å². The molecule has 0 radical (unpaired) electrons. The zero-order chi connectivity index (χ0) is 12.1. The van der Waals surface area contributed by atoms with Gasteiger partial charge in [-0.05, 0) is 24.3 Å². The summed E-state index contributed by atoms with van der Waals surface area (Å²) in [5.41, 5.74) is 5.91. The van der Waals surface area contributed by atoms with Crippen LogP contribution in [0.15, 0.2) is 23.8 Å². The van der Waals surface area contributed by atoms with Crippen LogP contribution in [0, 0.1) is 11.3 Å². The van der Waals surface area contributed by atoms with Crippen LogP contribution in [0.4, 0.5) is 0 Å². The maximum Gasteiger partial charge on any atom is 0.123 e. The average Bonchev–Trinajstić information content (AvgIpc) is 2.27. The molecule has 0 aliphatic carbocycles. The molecule has 3 N–H and O–H groups in total. The Hall–Kier alpha value is -2.06. The zero-order valence-corrected chi connectivity index (χ0v) is 9.41. The number of benzene rings is 1. The van der Waals surface area contributed by atoms with Crippen molar-refractivity contribution in [2.45, 2.75) is 0 Å². The highest BCUT2D eigenvalue weighted by Crippen LogP contribution is 2.24. The van der Waals surface area contributed by atoms with Crippen LogP contribution in [0.25, 0.3) is 6.08 Å². The van der Waals surface area contributed by atoms with Crippen LogP contribution in [0.3, 0.4) is 0 Å². The van der Waals surface area contributed by atoms with Crippen LogP contribution in [0.2, 0.25) is 0 Å². The second-order valence-electron chi connectivity index (χ2n) is 2.96. The van der Waals surface area contributed by atoms with Crippen LogP contribution in [0.1, 0.15) is 5.56 Å². The summed E-state index contributed by atoms with van der Waals surface area (Å²) in [6.45, 7) is 0. The van der Waals surface area contributed by atoms with E-state index in [4.69, 9.17) is 28.0 Å². The topological polar surface area (TPSA) is 79.3 Å². The predicted octanol–water partition coefficient (Wildman–Crippen LogP) is 1.59. The Bertz CT molecular complexity index is 489. The molecule has 4 nitrogen and oxygen atoms in total. The maximum atomic E-state index is 9.56. The number of nitriles is 1. The van der Waals surface area contributed by atoms with Crippen molar-refractivity contribution in [3.8, 4) is 17.6 Å². The Morgan fingerprint density at radius 3 is 2.81 bits per heavy atom. The number of nitrogens with two attached hydrogens (primary N) is 1. The SMILES string of the molecule is COc1ccc(O)c(/C=C(/C#N)C(N)=S)c1. The molecular formula is C11H10N2O2S. The number of methoxy groups -OCH3 is 1. The molecule has 0 atom stereocenters. The van der Waals surface area contributed by atoms with Crippen molar-refractivity contribution in [1.29, 1.82) is 5.26 Å². The first-order chi connectivity index (χ1) is 7.58. The van der Waals surface area contributed by atoms with Crippen molar-refractivity contribution in [3.63, 3.8) is 0 Å². The third kappa shape index (κ3) is 2.72. The number of ether oxygens (including phenoxy) is 1. The van der Waals surface area contributed by atoms with E-state index in [1.165, 1.54) is 19.3 Å². The minimum absolute atomic E-state index is 0.00952. The number of rotatable bonds is 3. The molecule has 0 unspecified atom stereocenters. The number of thiocarbonyl (C=S) groups is 1. The average molecular weight is 234 g/mol. The van der Waals surface area contributed by atoms with Gasteiger partial charge in [-0.2, -0.15) is 5.26 Å². The van der Waals surface area contributed by atoms with Gasteiger partial charge in [-0.1, -0.05) is 12.2 Å². The first-order valence-corrected chi connectivity index (χ1v) is 4.78. The van der Waals surface area contributed by atoms with Gasteiger partial charge in [0.1, 0.15) is 22.6 Å².